The first kappa shape index (κ1) is 14.2. The molecule has 0 aromatic heterocycles. The number of benzene rings is 1. The van der Waals surface area contributed by atoms with Crippen LogP contribution in [0, 0.1) is 0 Å². The molecule has 0 saturated carbocycles. The molecule has 0 saturated heterocycles. The quantitative estimate of drug-likeness (QED) is 0.597. The molecule has 1 atom stereocenters. The van der Waals surface area contributed by atoms with Gasteiger partial charge in [0.2, 0.25) is 0 Å². The van der Waals surface area contributed by atoms with Crippen molar-refractivity contribution in [1.82, 2.24) is 0 Å². The van der Waals surface area contributed by atoms with Crippen LogP contribution in [0.5, 0.6) is 0 Å². The molecular formula is C14H18O4. The highest BCUT2D eigenvalue weighted by Gasteiger charge is 2.17. The number of esters is 1. The van der Waals surface area contributed by atoms with Gasteiger partial charge >= 0.3 is 11.9 Å². The van der Waals surface area contributed by atoms with Crippen LogP contribution in [0.15, 0.2) is 30.3 Å². The summed E-state index contributed by atoms with van der Waals surface area (Å²) < 4.78 is 5.23. The zero-order valence-corrected chi connectivity index (χ0v) is 10.5. The highest BCUT2D eigenvalue weighted by Crippen LogP contribution is 2.23. The lowest BCUT2D eigenvalue weighted by Gasteiger charge is -2.17. The van der Waals surface area contributed by atoms with Crippen molar-refractivity contribution in [2.75, 3.05) is 0 Å². The molecule has 0 aliphatic carbocycles. The third-order valence-electron chi connectivity index (χ3n) is 2.56. The molecule has 1 N–H and O–H groups in total. The Kier molecular flexibility index (Phi) is 5.91. The molecule has 0 heterocycles. The third kappa shape index (κ3) is 4.99. The molecule has 1 aromatic rings. The summed E-state index contributed by atoms with van der Waals surface area (Å²) in [4.78, 5) is 21.8. The molecule has 0 spiro atoms. The summed E-state index contributed by atoms with van der Waals surface area (Å²) in [5.41, 5.74) is 0.907. The van der Waals surface area contributed by atoms with E-state index in [4.69, 9.17) is 9.84 Å². The van der Waals surface area contributed by atoms with Crippen LogP contribution in [-0.4, -0.2) is 17.0 Å². The maximum absolute atomic E-state index is 11.4. The second-order valence-corrected chi connectivity index (χ2v) is 4.10. The minimum atomic E-state index is -1.16. The first-order valence-electron chi connectivity index (χ1n) is 6.09. The van der Waals surface area contributed by atoms with Crippen molar-refractivity contribution in [2.45, 2.75) is 38.7 Å². The van der Waals surface area contributed by atoms with Gasteiger partial charge in [0.05, 0.1) is 0 Å². The summed E-state index contributed by atoms with van der Waals surface area (Å²) in [7, 11) is 0. The van der Waals surface area contributed by atoms with Gasteiger partial charge in [0.25, 0.3) is 0 Å². The average Bonchev–Trinajstić information content (AvgIpc) is 2.34. The second-order valence-electron chi connectivity index (χ2n) is 4.10. The molecule has 0 bridgehead atoms. The molecular weight excluding hydrogens is 232 g/mol. The fourth-order valence-corrected chi connectivity index (χ4v) is 1.67. The van der Waals surface area contributed by atoms with Gasteiger partial charge in [-0.25, -0.2) is 0 Å². The minimum Gasteiger partial charge on any atom is -0.481 e. The average molecular weight is 250 g/mol. The van der Waals surface area contributed by atoms with Gasteiger partial charge in [-0.2, -0.15) is 0 Å². The number of aliphatic carboxylic acids is 1. The van der Waals surface area contributed by atoms with Crippen molar-refractivity contribution in [3.05, 3.63) is 35.9 Å². The van der Waals surface area contributed by atoms with Crippen LogP contribution in [0.1, 0.15) is 44.3 Å². The van der Waals surface area contributed by atoms with Gasteiger partial charge in [-0.1, -0.05) is 43.7 Å². The Labute approximate surface area is 107 Å². The van der Waals surface area contributed by atoms with E-state index >= 15 is 0 Å². The number of carboxylic acid groups (broad SMARTS) is 1. The van der Waals surface area contributed by atoms with Crippen molar-refractivity contribution in [3.8, 4) is 0 Å². The largest absolute Gasteiger partial charge is 0.481 e. The molecule has 0 aliphatic heterocycles. The van der Waals surface area contributed by atoms with Crippen LogP contribution in [0.4, 0.5) is 0 Å². The summed E-state index contributed by atoms with van der Waals surface area (Å²) in [6.07, 6.45) is 1.71. The topological polar surface area (TPSA) is 63.6 Å². The maximum Gasteiger partial charge on any atom is 0.317 e. The Morgan fingerprint density at radius 2 is 1.94 bits per heavy atom. The lowest BCUT2D eigenvalue weighted by Crippen LogP contribution is -2.15. The molecule has 0 fully saturated rings. The van der Waals surface area contributed by atoms with Crippen molar-refractivity contribution in [3.63, 3.8) is 0 Å². The van der Waals surface area contributed by atoms with E-state index in [1.54, 1.807) is 0 Å². The predicted molar refractivity (Wildman–Crippen MR) is 67.1 cm³/mol. The Hall–Kier alpha value is -1.84. The summed E-state index contributed by atoms with van der Waals surface area (Å²) in [5, 5.41) is 8.54. The van der Waals surface area contributed by atoms with Crippen LogP contribution in [0.2, 0.25) is 0 Å². The van der Waals surface area contributed by atoms with E-state index in [2.05, 4.69) is 6.92 Å². The summed E-state index contributed by atoms with van der Waals surface area (Å²) >= 11 is 0. The van der Waals surface area contributed by atoms with Gasteiger partial charge in [-0.3, -0.25) is 9.59 Å². The molecule has 1 unspecified atom stereocenters. The van der Waals surface area contributed by atoms with Gasteiger partial charge in [0, 0.05) is 0 Å². The standard InChI is InChI=1S/C14H18O4/c1-2-3-9-12(11-7-5-4-6-8-11)18-14(17)10-13(15)16/h4-8,12H,2-3,9-10H2,1H3,(H,15,16). The highest BCUT2D eigenvalue weighted by atomic mass is 16.5. The molecule has 1 aromatic carbocycles. The Morgan fingerprint density at radius 3 is 2.50 bits per heavy atom. The zero-order chi connectivity index (χ0) is 13.4. The molecule has 0 aliphatic rings. The molecule has 0 radical (unpaired) electrons. The lowest BCUT2D eigenvalue weighted by atomic mass is 10.0. The van der Waals surface area contributed by atoms with E-state index in [1.165, 1.54) is 0 Å². The molecule has 4 heteroatoms. The van der Waals surface area contributed by atoms with Crippen LogP contribution < -0.4 is 0 Å². The van der Waals surface area contributed by atoms with E-state index < -0.39 is 18.4 Å². The van der Waals surface area contributed by atoms with Crippen molar-refractivity contribution >= 4 is 11.9 Å². The zero-order valence-electron chi connectivity index (χ0n) is 10.5. The highest BCUT2D eigenvalue weighted by molar-refractivity contribution is 5.90. The summed E-state index contributed by atoms with van der Waals surface area (Å²) in [6.45, 7) is 2.06. The van der Waals surface area contributed by atoms with Gasteiger partial charge in [-0.05, 0) is 18.4 Å². The predicted octanol–water partition coefficient (Wildman–Crippen LogP) is 2.94. The SMILES string of the molecule is CCCCC(OC(=O)CC(=O)O)c1ccccc1. The van der Waals surface area contributed by atoms with Crippen molar-refractivity contribution < 1.29 is 19.4 Å². The third-order valence-corrected chi connectivity index (χ3v) is 2.56. The van der Waals surface area contributed by atoms with Gasteiger partial charge in [0.1, 0.15) is 12.5 Å². The lowest BCUT2D eigenvalue weighted by molar-refractivity contribution is -0.155. The number of ether oxygens (including phenoxy) is 1. The van der Waals surface area contributed by atoms with E-state index in [1.807, 2.05) is 30.3 Å². The monoisotopic (exact) mass is 250 g/mol. The Morgan fingerprint density at radius 1 is 1.28 bits per heavy atom. The Bertz CT molecular complexity index is 386. The van der Waals surface area contributed by atoms with Crippen LogP contribution >= 0.6 is 0 Å². The van der Waals surface area contributed by atoms with Crippen LogP contribution in [0.3, 0.4) is 0 Å². The molecule has 0 amide bonds. The smallest absolute Gasteiger partial charge is 0.317 e. The number of carbonyl (C=O) groups is 2. The fraction of sp³-hybridized carbons (Fsp3) is 0.429. The van der Waals surface area contributed by atoms with Crippen LogP contribution in [-0.2, 0) is 14.3 Å². The Balaban J connectivity index is 2.67. The van der Waals surface area contributed by atoms with Crippen LogP contribution in [0.25, 0.3) is 0 Å². The first-order chi connectivity index (χ1) is 8.63. The van der Waals surface area contributed by atoms with Gasteiger partial charge in [-0.15, -0.1) is 0 Å². The minimum absolute atomic E-state index is 0.349. The number of carboxylic acids is 1. The van der Waals surface area contributed by atoms with Crippen molar-refractivity contribution in [1.29, 1.82) is 0 Å². The number of unbranched alkanes of at least 4 members (excludes halogenated alkanes) is 1. The molecule has 4 nitrogen and oxygen atoms in total. The second kappa shape index (κ2) is 7.48. The van der Waals surface area contributed by atoms with E-state index in [-0.39, 0.29) is 6.10 Å². The first-order valence-corrected chi connectivity index (χ1v) is 6.09. The maximum atomic E-state index is 11.4. The van der Waals surface area contributed by atoms with E-state index in [0.717, 1.165) is 18.4 Å². The fourth-order valence-electron chi connectivity index (χ4n) is 1.67. The van der Waals surface area contributed by atoms with Gasteiger partial charge in [0.15, 0.2) is 0 Å². The summed E-state index contributed by atoms with van der Waals surface area (Å²) in [5.74, 6) is -1.85. The number of hydrogen-bond donors (Lipinski definition) is 1. The number of carbonyl (C=O) groups excluding carboxylic acids is 1. The number of rotatable bonds is 7. The van der Waals surface area contributed by atoms with E-state index in [0.29, 0.717) is 6.42 Å². The molecule has 1 rings (SSSR count). The normalized spacial score (nSPS) is 11.8. The summed E-state index contributed by atoms with van der Waals surface area (Å²) in [6, 6.07) is 9.40. The van der Waals surface area contributed by atoms with Crippen molar-refractivity contribution in [2.24, 2.45) is 0 Å². The molecule has 18 heavy (non-hydrogen) atoms. The molecule has 98 valence electrons. The van der Waals surface area contributed by atoms with Gasteiger partial charge < -0.3 is 9.84 Å². The van der Waals surface area contributed by atoms with E-state index in [9.17, 15) is 9.59 Å². The number of hydrogen-bond acceptors (Lipinski definition) is 3.